The maximum absolute atomic E-state index is 12.8. The van der Waals surface area contributed by atoms with Crippen LogP contribution in [0.25, 0.3) is 21.8 Å². The fraction of sp³-hybridized carbons (Fsp3) is 0.333. The molecule has 2 aromatic heterocycles. The summed E-state index contributed by atoms with van der Waals surface area (Å²) in [5, 5.41) is 0.904. The maximum atomic E-state index is 12.8. The Balaban J connectivity index is 1.77. The first kappa shape index (κ1) is 18.7. The molecule has 1 aliphatic rings. The third-order valence-corrected chi connectivity index (χ3v) is 6.09. The third kappa shape index (κ3) is 2.95. The molecule has 0 spiro atoms. The van der Waals surface area contributed by atoms with Gasteiger partial charge in [-0.1, -0.05) is 42.5 Å². The highest BCUT2D eigenvalue weighted by atomic mass is 16.4. The zero-order chi connectivity index (χ0) is 20.9. The number of aryl methyl sites for hydroxylation is 2. The summed E-state index contributed by atoms with van der Waals surface area (Å²) in [6.07, 6.45) is 4.21. The van der Waals surface area contributed by atoms with Crippen LogP contribution >= 0.6 is 0 Å². The zero-order valence-electron chi connectivity index (χ0n) is 17.0. The van der Waals surface area contributed by atoms with Crippen LogP contribution in [-0.2, 0) is 5.41 Å². The van der Waals surface area contributed by atoms with Gasteiger partial charge in [-0.2, -0.15) is 0 Å². The van der Waals surface area contributed by atoms with Gasteiger partial charge in [0.2, 0.25) is 11.8 Å². The molecular formula is C24H22N2O4. The molecule has 0 bridgehead atoms. The van der Waals surface area contributed by atoms with Crippen LogP contribution in [0.3, 0.4) is 0 Å². The van der Waals surface area contributed by atoms with Crippen molar-refractivity contribution in [1.29, 1.82) is 0 Å². The third-order valence-electron chi connectivity index (χ3n) is 6.09. The smallest absolute Gasteiger partial charge is 0.346 e. The van der Waals surface area contributed by atoms with Crippen LogP contribution in [0.5, 0.6) is 0 Å². The molecule has 1 fully saturated rings. The first-order valence-electron chi connectivity index (χ1n) is 10.3. The van der Waals surface area contributed by atoms with E-state index in [1.165, 1.54) is 0 Å². The van der Waals surface area contributed by atoms with Crippen molar-refractivity contribution in [2.24, 2.45) is 0 Å². The summed E-state index contributed by atoms with van der Waals surface area (Å²) in [5.41, 5.74) is 1.41. The molecule has 2 aromatic carbocycles. The summed E-state index contributed by atoms with van der Waals surface area (Å²) < 4.78 is 11.5. The molecule has 1 aliphatic carbocycles. The number of hydrogen-bond donors (Lipinski definition) is 0. The van der Waals surface area contributed by atoms with Crippen LogP contribution in [0.1, 0.15) is 55.0 Å². The van der Waals surface area contributed by atoms with Gasteiger partial charge in [0, 0.05) is 0 Å². The van der Waals surface area contributed by atoms with Crippen molar-refractivity contribution in [1.82, 2.24) is 9.97 Å². The molecule has 6 nitrogen and oxygen atoms in total. The van der Waals surface area contributed by atoms with Crippen LogP contribution in [0, 0.1) is 13.8 Å². The largest absolute Gasteiger partial charge is 0.407 e. The normalized spacial score (nSPS) is 16.2. The van der Waals surface area contributed by atoms with E-state index in [0.717, 1.165) is 30.4 Å². The minimum absolute atomic E-state index is 0.283. The van der Waals surface area contributed by atoms with Gasteiger partial charge >= 0.3 is 11.3 Å². The molecule has 0 amide bonds. The molecule has 0 unspecified atom stereocenters. The molecule has 0 aliphatic heterocycles. The van der Waals surface area contributed by atoms with Gasteiger partial charge in [-0.15, -0.1) is 0 Å². The molecule has 152 valence electrons. The van der Waals surface area contributed by atoms with E-state index < -0.39 is 16.7 Å². The van der Waals surface area contributed by atoms with Crippen molar-refractivity contribution in [3.63, 3.8) is 0 Å². The second-order valence-corrected chi connectivity index (χ2v) is 8.30. The van der Waals surface area contributed by atoms with E-state index in [-0.39, 0.29) is 11.8 Å². The van der Waals surface area contributed by atoms with E-state index in [0.29, 0.717) is 34.6 Å². The summed E-state index contributed by atoms with van der Waals surface area (Å²) in [6, 6.07) is 11.1. The number of hydrogen-bond acceptors (Lipinski definition) is 6. The molecule has 0 saturated heterocycles. The number of aromatic nitrogens is 2. The minimum atomic E-state index is -0.825. The summed E-state index contributed by atoms with van der Waals surface area (Å²) in [7, 11) is 0. The lowest BCUT2D eigenvalue weighted by molar-refractivity contribution is 0.214. The average molecular weight is 402 g/mol. The van der Waals surface area contributed by atoms with Crippen molar-refractivity contribution in [3.8, 4) is 0 Å². The predicted octanol–water partition coefficient (Wildman–Crippen LogP) is 4.56. The zero-order valence-corrected chi connectivity index (χ0v) is 17.0. The van der Waals surface area contributed by atoms with Gasteiger partial charge in [0.05, 0.1) is 21.8 Å². The van der Waals surface area contributed by atoms with Crippen molar-refractivity contribution in [3.05, 3.63) is 80.1 Å². The second-order valence-electron chi connectivity index (χ2n) is 8.30. The first-order valence-corrected chi connectivity index (χ1v) is 10.3. The Morgan fingerprint density at radius 1 is 0.733 bits per heavy atom. The lowest BCUT2D eigenvalue weighted by Gasteiger charge is -2.32. The van der Waals surface area contributed by atoms with Crippen molar-refractivity contribution < 1.29 is 8.83 Å². The van der Waals surface area contributed by atoms with Crippen LogP contribution in [0.4, 0.5) is 0 Å². The van der Waals surface area contributed by atoms with Crippen LogP contribution < -0.4 is 11.3 Å². The second kappa shape index (κ2) is 6.90. The molecular weight excluding hydrogens is 380 g/mol. The van der Waals surface area contributed by atoms with E-state index in [9.17, 15) is 9.59 Å². The fourth-order valence-electron chi connectivity index (χ4n) is 4.46. The molecule has 0 atom stereocenters. The van der Waals surface area contributed by atoms with Gasteiger partial charge in [0.25, 0.3) is 0 Å². The van der Waals surface area contributed by atoms with Gasteiger partial charge in [0.15, 0.2) is 0 Å². The summed E-state index contributed by atoms with van der Waals surface area (Å²) >= 11 is 0. The Kier molecular flexibility index (Phi) is 4.31. The standard InChI is InChI=1S/C24H22N2O4/c1-14-6-8-18-16(12-14)20(27)29-22(25-18)24(10-4-3-5-11-24)23-26-19-9-7-15(2)13-17(19)21(28)30-23/h6-9,12-13H,3-5,10-11H2,1-2H3. The van der Waals surface area contributed by atoms with Gasteiger partial charge < -0.3 is 8.83 Å². The number of nitrogens with zero attached hydrogens (tertiary/aromatic N) is 2. The van der Waals surface area contributed by atoms with Crippen LogP contribution in [0.15, 0.2) is 54.8 Å². The minimum Gasteiger partial charge on any atom is -0.407 e. The highest BCUT2D eigenvalue weighted by Crippen LogP contribution is 2.43. The van der Waals surface area contributed by atoms with Crippen LogP contribution in [-0.4, -0.2) is 9.97 Å². The topological polar surface area (TPSA) is 86.2 Å². The Morgan fingerprint density at radius 3 is 1.67 bits per heavy atom. The van der Waals surface area contributed by atoms with E-state index in [2.05, 4.69) is 0 Å². The fourth-order valence-corrected chi connectivity index (χ4v) is 4.46. The van der Waals surface area contributed by atoms with Crippen molar-refractivity contribution in [2.45, 2.75) is 51.4 Å². The van der Waals surface area contributed by atoms with Crippen molar-refractivity contribution >= 4 is 21.8 Å². The molecule has 0 radical (unpaired) electrons. The number of fused-ring (bicyclic) bond motifs is 2. The Bertz CT molecular complexity index is 1290. The van der Waals surface area contributed by atoms with Gasteiger partial charge in [-0.25, -0.2) is 19.6 Å². The molecule has 5 rings (SSSR count). The lowest BCUT2D eigenvalue weighted by Crippen LogP contribution is -2.34. The first-order chi connectivity index (χ1) is 14.5. The Hall–Kier alpha value is -3.28. The summed E-state index contributed by atoms with van der Waals surface area (Å²) in [5.74, 6) is 0.566. The molecule has 0 N–H and O–H groups in total. The molecule has 6 heteroatoms. The van der Waals surface area contributed by atoms with E-state index in [4.69, 9.17) is 18.8 Å². The maximum Gasteiger partial charge on any atom is 0.346 e. The van der Waals surface area contributed by atoms with Crippen molar-refractivity contribution in [2.75, 3.05) is 0 Å². The predicted molar refractivity (Wildman–Crippen MR) is 114 cm³/mol. The van der Waals surface area contributed by atoms with E-state index in [1.807, 2.05) is 38.1 Å². The summed E-state index contributed by atoms with van der Waals surface area (Å²) in [6.45, 7) is 3.84. The molecule has 4 aromatic rings. The molecule has 30 heavy (non-hydrogen) atoms. The van der Waals surface area contributed by atoms with Gasteiger partial charge in [-0.3, -0.25) is 0 Å². The van der Waals surface area contributed by atoms with E-state index in [1.54, 1.807) is 12.1 Å². The lowest BCUT2D eigenvalue weighted by atomic mass is 9.73. The highest BCUT2D eigenvalue weighted by Gasteiger charge is 2.44. The highest BCUT2D eigenvalue weighted by molar-refractivity contribution is 5.78. The SMILES string of the molecule is Cc1ccc2nc(C3(c4nc5ccc(C)cc5c(=O)o4)CCCCC3)oc(=O)c2c1. The number of rotatable bonds is 2. The van der Waals surface area contributed by atoms with Crippen LogP contribution in [0.2, 0.25) is 0 Å². The molecule has 1 saturated carbocycles. The number of benzene rings is 2. The van der Waals surface area contributed by atoms with Gasteiger partial charge in [-0.05, 0) is 51.0 Å². The molecule has 2 heterocycles. The Labute approximate surface area is 172 Å². The quantitative estimate of drug-likeness (QED) is 0.489. The Morgan fingerprint density at radius 2 is 1.20 bits per heavy atom. The monoisotopic (exact) mass is 402 g/mol. The van der Waals surface area contributed by atoms with E-state index >= 15 is 0 Å². The van der Waals surface area contributed by atoms with Gasteiger partial charge in [0.1, 0.15) is 5.41 Å². The summed E-state index contributed by atoms with van der Waals surface area (Å²) in [4.78, 5) is 34.9. The average Bonchev–Trinajstić information content (AvgIpc) is 2.75.